The molecule has 1 atom stereocenters. The Morgan fingerprint density at radius 2 is 1.78 bits per heavy atom. The topological polar surface area (TPSA) is 55.4 Å². The van der Waals surface area contributed by atoms with Gasteiger partial charge < -0.3 is 10.1 Å². The van der Waals surface area contributed by atoms with Gasteiger partial charge >= 0.3 is 11.9 Å². The zero-order valence-corrected chi connectivity index (χ0v) is 12.0. The van der Waals surface area contributed by atoms with Crippen molar-refractivity contribution in [3.05, 3.63) is 0 Å². The number of hydrogen-bond donors (Lipinski definition) is 1. The summed E-state index contributed by atoms with van der Waals surface area (Å²) in [5.41, 5.74) is 0. The fourth-order valence-electron chi connectivity index (χ4n) is 1.63. The lowest BCUT2D eigenvalue weighted by Crippen LogP contribution is -2.36. The molecular formula is C14H27NO3. The quantitative estimate of drug-likeness (QED) is 0.392. The Bertz CT molecular complexity index is 241. The molecule has 4 heteroatoms. The predicted molar refractivity (Wildman–Crippen MR) is 72.2 cm³/mol. The molecule has 18 heavy (non-hydrogen) atoms. The summed E-state index contributed by atoms with van der Waals surface area (Å²) in [5, 5.41) is 2.66. The molecule has 0 spiro atoms. The Kier molecular flexibility index (Phi) is 10.4. The fraction of sp³-hybridized carbons (Fsp3) is 0.857. The van der Waals surface area contributed by atoms with E-state index in [9.17, 15) is 9.59 Å². The third-order valence-corrected chi connectivity index (χ3v) is 3.01. The van der Waals surface area contributed by atoms with Gasteiger partial charge in [0.25, 0.3) is 0 Å². The molecule has 0 aliphatic heterocycles. The van der Waals surface area contributed by atoms with Crippen molar-refractivity contribution in [1.82, 2.24) is 5.32 Å². The molecule has 106 valence electrons. The summed E-state index contributed by atoms with van der Waals surface area (Å²) in [4.78, 5) is 22.7. The molecule has 0 saturated heterocycles. The molecule has 0 aliphatic rings. The van der Waals surface area contributed by atoms with Crippen LogP contribution < -0.4 is 5.32 Å². The number of hydrogen-bond acceptors (Lipinski definition) is 3. The van der Waals surface area contributed by atoms with E-state index in [-0.39, 0.29) is 0 Å². The fourth-order valence-corrected chi connectivity index (χ4v) is 1.63. The van der Waals surface area contributed by atoms with Crippen LogP contribution in [0, 0.1) is 5.92 Å². The van der Waals surface area contributed by atoms with Crippen LogP contribution >= 0.6 is 0 Å². The summed E-state index contributed by atoms with van der Waals surface area (Å²) in [6, 6.07) is 0. The average molecular weight is 257 g/mol. The van der Waals surface area contributed by atoms with Crippen LogP contribution in [0.4, 0.5) is 0 Å². The van der Waals surface area contributed by atoms with Crippen molar-refractivity contribution in [2.45, 2.75) is 59.3 Å². The van der Waals surface area contributed by atoms with E-state index in [1.807, 2.05) is 6.92 Å². The van der Waals surface area contributed by atoms with E-state index in [1.165, 1.54) is 0 Å². The highest BCUT2D eigenvalue weighted by Crippen LogP contribution is 2.11. The van der Waals surface area contributed by atoms with Crippen LogP contribution in [-0.2, 0) is 14.3 Å². The van der Waals surface area contributed by atoms with Crippen molar-refractivity contribution in [3.63, 3.8) is 0 Å². The molecule has 1 N–H and O–H groups in total. The summed E-state index contributed by atoms with van der Waals surface area (Å²) >= 11 is 0. The van der Waals surface area contributed by atoms with Crippen molar-refractivity contribution in [2.75, 3.05) is 13.2 Å². The van der Waals surface area contributed by atoms with Crippen LogP contribution in [-0.4, -0.2) is 25.0 Å². The third-order valence-electron chi connectivity index (χ3n) is 3.01. The van der Waals surface area contributed by atoms with E-state index >= 15 is 0 Å². The van der Waals surface area contributed by atoms with Crippen LogP contribution in [0.3, 0.4) is 0 Å². The summed E-state index contributed by atoms with van der Waals surface area (Å²) < 4.78 is 4.84. The Balaban J connectivity index is 3.81. The monoisotopic (exact) mass is 257 g/mol. The van der Waals surface area contributed by atoms with Crippen LogP contribution in [0.2, 0.25) is 0 Å². The number of ether oxygens (including phenoxy) is 1. The number of nitrogens with one attached hydrogen (secondary N) is 1. The van der Waals surface area contributed by atoms with E-state index in [1.54, 1.807) is 0 Å². The SMILES string of the molecule is CCCCOC(=O)C(=O)NCC(CC)CCCC. The molecule has 0 bridgehead atoms. The van der Waals surface area contributed by atoms with E-state index in [0.717, 1.165) is 38.5 Å². The maximum absolute atomic E-state index is 11.4. The standard InChI is InChI=1S/C14H27NO3/c1-4-7-9-12(6-3)11-15-13(16)14(17)18-10-8-5-2/h12H,4-11H2,1-3H3,(H,15,16). The summed E-state index contributed by atoms with van der Waals surface area (Å²) in [6.45, 7) is 7.16. The zero-order valence-electron chi connectivity index (χ0n) is 12.0. The van der Waals surface area contributed by atoms with Gasteiger partial charge in [-0.25, -0.2) is 4.79 Å². The van der Waals surface area contributed by atoms with Crippen molar-refractivity contribution in [2.24, 2.45) is 5.92 Å². The van der Waals surface area contributed by atoms with E-state index in [4.69, 9.17) is 4.74 Å². The van der Waals surface area contributed by atoms with Crippen molar-refractivity contribution < 1.29 is 14.3 Å². The molecular weight excluding hydrogens is 230 g/mol. The third kappa shape index (κ3) is 8.09. The Labute approximate surface area is 110 Å². The molecule has 1 unspecified atom stereocenters. The summed E-state index contributed by atoms with van der Waals surface area (Å²) in [7, 11) is 0. The lowest BCUT2D eigenvalue weighted by atomic mass is 9.99. The molecule has 0 saturated carbocycles. The highest BCUT2D eigenvalue weighted by Gasteiger charge is 2.16. The van der Waals surface area contributed by atoms with Crippen LogP contribution in [0.1, 0.15) is 59.3 Å². The predicted octanol–water partition coefficient (Wildman–Crippen LogP) is 2.66. The largest absolute Gasteiger partial charge is 0.459 e. The lowest BCUT2D eigenvalue weighted by molar-refractivity contribution is -0.155. The molecule has 0 aliphatic carbocycles. The second kappa shape index (κ2) is 11.1. The lowest BCUT2D eigenvalue weighted by Gasteiger charge is -2.14. The Morgan fingerprint density at radius 3 is 2.33 bits per heavy atom. The van der Waals surface area contributed by atoms with E-state index in [2.05, 4.69) is 19.2 Å². The minimum atomic E-state index is -0.756. The van der Waals surface area contributed by atoms with Gasteiger partial charge in [0.05, 0.1) is 6.61 Å². The average Bonchev–Trinajstić information content (AvgIpc) is 2.38. The first-order valence-corrected chi connectivity index (χ1v) is 7.10. The van der Waals surface area contributed by atoms with E-state index in [0.29, 0.717) is 19.1 Å². The van der Waals surface area contributed by atoms with Crippen molar-refractivity contribution in [3.8, 4) is 0 Å². The van der Waals surface area contributed by atoms with Crippen molar-refractivity contribution >= 4 is 11.9 Å². The van der Waals surface area contributed by atoms with Crippen LogP contribution in [0.5, 0.6) is 0 Å². The van der Waals surface area contributed by atoms with E-state index < -0.39 is 11.9 Å². The number of amides is 1. The number of rotatable bonds is 9. The smallest absolute Gasteiger partial charge is 0.396 e. The molecule has 4 nitrogen and oxygen atoms in total. The molecule has 0 rings (SSSR count). The molecule has 0 fully saturated rings. The molecule has 0 radical (unpaired) electrons. The maximum Gasteiger partial charge on any atom is 0.396 e. The highest BCUT2D eigenvalue weighted by molar-refractivity contribution is 6.32. The zero-order chi connectivity index (χ0) is 13.8. The number of esters is 1. The van der Waals surface area contributed by atoms with Gasteiger partial charge in [-0.2, -0.15) is 0 Å². The minimum Gasteiger partial charge on any atom is -0.459 e. The molecule has 0 aromatic carbocycles. The van der Waals surface area contributed by atoms with Gasteiger partial charge in [-0.1, -0.05) is 46.5 Å². The van der Waals surface area contributed by atoms with Gasteiger partial charge in [0.2, 0.25) is 0 Å². The minimum absolute atomic E-state index is 0.329. The molecule has 0 aromatic heterocycles. The molecule has 0 heterocycles. The van der Waals surface area contributed by atoms with Gasteiger partial charge in [0, 0.05) is 6.54 Å². The van der Waals surface area contributed by atoms with Gasteiger partial charge in [0.1, 0.15) is 0 Å². The van der Waals surface area contributed by atoms with Crippen LogP contribution in [0.25, 0.3) is 0 Å². The van der Waals surface area contributed by atoms with Crippen LogP contribution in [0.15, 0.2) is 0 Å². The maximum atomic E-state index is 11.4. The normalized spacial score (nSPS) is 11.9. The molecule has 1 amide bonds. The molecule has 0 aromatic rings. The first-order chi connectivity index (χ1) is 8.65. The van der Waals surface area contributed by atoms with Crippen molar-refractivity contribution in [1.29, 1.82) is 0 Å². The Morgan fingerprint density at radius 1 is 1.11 bits per heavy atom. The summed E-state index contributed by atoms with van der Waals surface area (Å²) in [6.07, 6.45) is 6.18. The number of unbranched alkanes of at least 4 members (excludes halogenated alkanes) is 2. The Hall–Kier alpha value is -1.06. The number of carbonyl (C=O) groups is 2. The summed E-state index contributed by atoms with van der Waals surface area (Å²) in [5.74, 6) is -0.910. The first kappa shape index (κ1) is 16.9. The second-order valence-electron chi connectivity index (χ2n) is 4.62. The second-order valence-corrected chi connectivity index (χ2v) is 4.62. The van der Waals surface area contributed by atoms with Gasteiger partial charge in [0.15, 0.2) is 0 Å². The first-order valence-electron chi connectivity index (χ1n) is 7.10. The van der Waals surface area contributed by atoms with Gasteiger partial charge in [-0.15, -0.1) is 0 Å². The van der Waals surface area contributed by atoms with Gasteiger partial charge in [-0.05, 0) is 18.8 Å². The van der Waals surface area contributed by atoms with Gasteiger partial charge in [-0.3, -0.25) is 4.79 Å². The number of carbonyl (C=O) groups excluding carboxylic acids is 2. The highest BCUT2D eigenvalue weighted by atomic mass is 16.5.